The molecule has 0 spiro atoms. The smallest absolute Gasteiger partial charge is 0.317 e. The van der Waals surface area contributed by atoms with Gasteiger partial charge in [0.25, 0.3) is 0 Å². The highest BCUT2D eigenvalue weighted by molar-refractivity contribution is 14.1. The minimum absolute atomic E-state index is 0.302. The third kappa shape index (κ3) is 6.48. The van der Waals surface area contributed by atoms with Crippen LogP contribution < -0.4 is 5.32 Å². The topological polar surface area (TPSA) is 107 Å². The van der Waals surface area contributed by atoms with E-state index in [1.807, 2.05) is 6.07 Å². The van der Waals surface area contributed by atoms with Crippen molar-refractivity contribution in [2.45, 2.75) is 0 Å². The fourth-order valence-electron chi connectivity index (χ4n) is 1.52. The zero-order chi connectivity index (χ0) is 15.1. The highest BCUT2D eigenvalue weighted by atomic mass is 127. The van der Waals surface area contributed by atoms with E-state index < -0.39 is 30.9 Å². The first-order valence-electron chi connectivity index (χ1n) is 5.58. The number of hydrogen-bond donors (Lipinski definition) is 3. The van der Waals surface area contributed by atoms with Crippen molar-refractivity contribution in [3.05, 3.63) is 27.8 Å². The Morgan fingerprint density at radius 1 is 1.10 bits per heavy atom. The first-order valence-corrected chi connectivity index (χ1v) is 6.66. The molecule has 0 heterocycles. The lowest BCUT2D eigenvalue weighted by atomic mass is 10.3. The van der Waals surface area contributed by atoms with Crippen molar-refractivity contribution in [1.29, 1.82) is 0 Å². The predicted molar refractivity (Wildman–Crippen MR) is 79.5 cm³/mol. The van der Waals surface area contributed by atoms with Crippen LogP contribution in [0.5, 0.6) is 0 Å². The summed E-state index contributed by atoms with van der Waals surface area (Å²) in [6, 6.07) is 7.07. The highest BCUT2D eigenvalue weighted by Crippen LogP contribution is 2.12. The molecule has 1 rings (SSSR count). The summed E-state index contributed by atoms with van der Waals surface area (Å²) in [5.41, 5.74) is 0.576. The molecule has 7 nitrogen and oxygen atoms in total. The maximum Gasteiger partial charge on any atom is 0.317 e. The molecule has 0 bridgehead atoms. The summed E-state index contributed by atoms with van der Waals surface area (Å²) >= 11 is 2.09. The third-order valence-corrected chi connectivity index (χ3v) is 2.86. The lowest BCUT2D eigenvalue weighted by molar-refractivity contribution is -0.142. The van der Waals surface area contributed by atoms with Crippen molar-refractivity contribution in [3.63, 3.8) is 0 Å². The number of hydrogen-bond acceptors (Lipinski definition) is 4. The largest absolute Gasteiger partial charge is 0.480 e. The number of carbonyl (C=O) groups excluding carboxylic acids is 1. The number of carboxylic acids is 2. The summed E-state index contributed by atoms with van der Waals surface area (Å²) in [5, 5.41) is 19.9. The van der Waals surface area contributed by atoms with Crippen LogP contribution in [0.2, 0.25) is 0 Å². The molecule has 108 valence electrons. The van der Waals surface area contributed by atoms with E-state index >= 15 is 0 Å². The average molecular weight is 392 g/mol. The van der Waals surface area contributed by atoms with E-state index in [-0.39, 0.29) is 6.54 Å². The average Bonchev–Trinajstić information content (AvgIpc) is 2.26. The highest BCUT2D eigenvalue weighted by Gasteiger charge is 2.17. The Morgan fingerprint density at radius 3 is 2.20 bits per heavy atom. The number of carbonyl (C=O) groups is 3. The van der Waals surface area contributed by atoms with Gasteiger partial charge in [-0.25, -0.2) is 0 Å². The number of nitrogens with zero attached hydrogens (tertiary/aromatic N) is 1. The fraction of sp³-hybridized carbons (Fsp3) is 0.250. The molecule has 0 unspecified atom stereocenters. The Morgan fingerprint density at radius 2 is 1.70 bits per heavy atom. The van der Waals surface area contributed by atoms with Crippen LogP contribution in [0, 0.1) is 3.57 Å². The van der Waals surface area contributed by atoms with Crippen molar-refractivity contribution in [1.82, 2.24) is 4.90 Å². The summed E-state index contributed by atoms with van der Waals surface area (Å²) in [4.78, 5) is 34.0. The molecule has 0 saturated heterocycles. The third-order valence-electron chi connectivity index (χ3n) is 2.19. The molecular formula is C12H13IN2O5. The molecule has 1 aromatic rings. The number of rotatable bonds is 7. The summed E-state index contributed by atoms with van der Waals surface area (Å²) in [7, 11) is 0. The Labute approximate surface area is 128 Å². The molecule has 0 radical (unpaired) electrons. The van der Waals surface area contributed by atoms with Gasteiger partial charge in [-0.3, -0.25) is 19.3 Å². The number of carboxylic acid groups (broad SMARTS) is 2. The van der Waals surface area contributed by atoms with E-state index in [2.05, 4.69) is 27.9 Å². The maximum absolute atomic E-state index is 11.8. The van der Waals surface area contributed by atoms with E-state index in [1.165, 1.54) is 0 Å². The number of benzene rings is 1. The van der Waals surface area contributed by atoms with Crippen molar-refractivity contribution >= 4 is 46.1 Å². The predicted octanol–water partition coefficient (Wildman–Crippen LogP) is 0.701. The number of halogens is 1. The van der Waals surface area contributed by atoms with Gasteiger partial charge in [0.05, 0.1) is 19.6 Å². The molecule has 0 aliphatic heterocycles. The zero-order valence-corrected chi connectivity index (χ0v) is 12.5. The number of nitrogens with one attached hydrogen (secondary N) is 1. The quantitative estimate of drug-likeness (QED) is 0.590. The van der Waals surface area contributed by atoms with Gasteiger partial charge in [0.2, 0.25) is 5.91 Å². The standard InChI is InChI=1S/C12H13IN2O5/c13-8-2-1-3-9(4-8)14-10(16)5-15(6-11(17)18)7-12(19)20/h1-4H,5-7H2,(H,14,16)(H,17,18)(H,19,20). The Kier molecular flexibility index (Phi) is 6.39. The molecular weight excluding hydrogens is 379 g/mol. The Balaban J connectivity index is 2.61. The summed E-state index contributed by atoms with van der Waals surface area (Å²) in [6.07, 6.45) is 0. The molecule has 0 saturated carbocycles. The van der Waals surface area contributed by atoms with E-state index in [9.17, 15) is 14.4 Å². The fourth-order valence-corrected chi connectivity index (χ4v) is 2.06. The van der Waals surface area contributed by atoms with Gasteiger partial charge in [0.15, 0.2) is 0 Å². The van der Waals surface area contributed by atoms with Crippen LogP contribution in [0.4, 0.5) is 5.69 Å². The van der Waals surface area contributed by atoms with Gasteiger partial charge in [-0.1, -0.05) is 6.07 Å². The molecule has 0 aromatic heterocycles. The summed E-state index contributed by atoms with van der Waals surface area (Å²) in [5.74, 6) is -2.84. The normalized spacial score (nSPS) is 10.3. The molecule has 0 atom stereocenters. The van der Waals surface area contributed by atoms with Gasteiger partial charge in [0, 0.05) is 9.26 Å². The molecule has 1 amide bonds. The van der Waals surface area contributed by atoms with E-state index in [4.69, 9.17) is 10.2 Å². The van der Waals surface area contributed by atoms with Crippen molar-refractivity contribution in [2.24, 2.45) is 0 Å². The van der Waals surface area contributed by atoms with Crippen LogP contribution in [-0.4, -0.2) is 52.6 Å². The maximum atomic E-state index is 11.8. The molecule has 1 aromatic carbocycles. The molecule has 0 aliphatic rings. The molecule has 0 fully saturated rings. The van der Waals surface area contributed by atoms with Gasteiger partial charge in [0.1, 0.15) is 0 Å². The van der Waals surface area contributed by atoms with Gasteiger partial charge >= 0.3 is 11.9 Å². The zero-order valence-electron chi connectivity index (χ0n) is 10.4. The Bertz CT molecular complexity index is 504. The molecule has 3 N–H and O–H groups in total. The first kappa shape index (κ1) is 16.4. The van der Waals surface area contributed by atoms with Gasteiger partial charge in [-0.2, -0.15) is 0 Å². The van der Waals surface area contributed by atoms with E-state index in [0.717, 1.165) is 8.47 Å². The van der Waals surface area contributed by atoms with Crippen molar-refractivity contribution in [3.8, 4) is 0 Å². The van der Waals surface area contributed by atoms with Crippen molar-refractivity contribution in [2.75, 3.05) is 25.0 Å². The second-order valence-electron chi connectivity index (χ2n) is 3.99. The van der Waals surface area contributed by atoms with Crippen LogP contribution in [0.3, 0.4) is 0 Å². The SMILES string of the molecule is O=C(O)CN(CC(=O)O)CC(=O)Nc1cccc(I)c1. The molecule has 20 heavy (non-hydrogen) atoms. The molecule has 8 heteroatoms. The monoisotopic (exact) mass is 392 g/mol. The number of amides is 1. The van der Waals surface area contributed by atoms with Crippen LogP contribution in [0.25, 0.3) is 0 Å². The van der Waals surface area contributed by atoms with Crippen LogP contribution in [0.15, 0.2) is 24.3 Å². The minimum atomic E-state index is -1.19. The summed E-state index contributed by atoms with van der Waals surface area (Å²) < 4.78 is 0.938. The first-order chi connectivity index (χ1) is 9.36. The number of anilines is 1. The number of aliphatic carboxylic acids is 2. The van der Waals surface area contributed by atoms with Gasteiger partial charge < -0.3 is 15.5 Å². The van der Waals surface area contributed by atoms with Gasteiger partial charge in [-0.05, 0) is 40.8 Å². The van der Waals surface area contributed by atoms with E-state index in [0.29, 0.717) is 5.69 Å². The lowest BCUT2D eigenvalue weighted by Gasteiger charge is -2.17. The Hall–Kier alpha value is -1.68. The van der Waals surface area contributed by atoms with Crippen molar-refractivity contribution < 1.29 is 24.6 Å². The van der Waals surface area contributed by atoms with Crippen LogP contribution in [-0.2, 0) is 14.4 Å². The van der Waals surface area contributed by atoms with Crippen LogP contribution in [0.1, 0.15) is 0 Å². The van der Waals surface area contributed by atoms with Gasteiger partial charge in [-0.15, -0.1) is 0 Å². The van der Waals surface area contributed by atoms with Crippen LogP contribution >= 0.6 is 22.6 Å². The summed E-state index contributed by atoms with van der Waals surface area (Å²) in [6.45, 7) is -1.32. The lowest BCUT2D eigenvalue weighted by Crippen LogP contribution is -2.40. The minimum Gasteiger partial charge on any atom is -0.480 e. The second-order valence-corrected chi connectivity index (χ2v) is 5.24. The second kappa shape index (κ2) is 7.80. The molecule has 0 aliphatic carbocycles. The van der Waals surface area contributed by atoms with E-state index in [1.54, 1.807) is 18.2 Å².